The Morgan fingerprint density at radius 3 is 3.11 bits per heavy atom. The maximum atomic E-state index is 12.9. The second-order valence-electron chi connectivity index (χ2n) is 7.68. The van der Waals surface area contributed by atoms with Crippen LogP contribution in [0.2, 0.25) is 0 Å². The number of piperidine rings is 1. The van der Waals surface area contributed by atoms with Crippen molar-refractivity contribution in [2.75, 3.05) is 13.1 Å². The lowest BCUT2D eigenvalue weighted by Crippen LogP contribution is -2.40. The molecule has 0 spiro atoms. The smallest absolute Gasteiger partial charge is 0.231 e. The molecule has 1 atom stereocenters. The van der Waals surface area contributed by atoms with E-state index >= 15 is 0 Å². The van der Waals surface area contributed by atoms with Gasteiger partial charge in [0.2, 0.25) is 11.8 Å². The molecule has 7 heteroatoms. The molecule has 1 saturated heterocycles. The van der Waals surface area contributed by atoms with Crippen LogP contribution in [0.4, 0.5) is 0 Å². The number of likely N-dealkylation sites (tertiary alicyclic amines) is 1. The number of nitrogens with zero attached hydrogens (tertiary/aromatic N) is 5. The summed E-state index contributed by atoms with van der Waals surface area (Å²) < 4.78 is 7.45. The van der Waals surface area contributed by atoms with Gasteiger partial charge in [0.1, 0.15) is 5.65 Å². The summed E-state index contributed by atoms with van der Waals surface area (Å²) >= 11 is 0. The summed E-state index contributed by atoms with van der Waals surface area (Å²) in [6.45, 7) is 5.69. The Hall–Kier alpha value is -2.70. The van der Waals surface area contributed by atoms with Crippen molar-refractivity contribution in [2.24, 2.45) is 5.92 Å². The number of hydrogen-bond acceptors (Lipinski definition) is 5. The van der Waals surface area contributed by atoms with E-state index in [-0.39, 0.29) is 11.8 Å². The predicted octanol–water partition coefficient (Wildman–Crippen LogP) is 2.86. The summed E-state index contributed by atoms with van der Waals surface area (Å²) in [6.07, 6.45) is 6.81. The summed E-state index contributed by atoms with van der Waals surface area (Å²) in [4.78, 5) is 23.7. The Morgan fingerprint density at radius 1 is 1.37 bits per heavy atom. The van der Waals surface area contributed by atoms with Crippen LogP contribution >= 0.6 is 0 Å². The van der Waals surface area contributed by atoms with Crippen molar-refractivity contribution < 1.29 is 9.32 Å². The van der Waals surface area contributed by atoms with Gasteiger partial charge >= 0.3 is 0 Å². The molecule has 4 heterocycles. The average molecular weight is 367 g/mol. The zero-order valence-corrected chi connectivity index (χ0v) is 15.8. The van der Waals surface area contributed by atoms with E-state index in [1.807, 2.05) is 33.7 Å². The fourth-order valence-corrected chi connectivity index (χ4v) is 3.67. The monoisotopic (exact) mass is 367 g/mol. The quantitative estimate of drug-likeness (QED) is 0.693. The Bertz CT molecular complexity index is 929. The fourth-order valence-electron chi connectivity index (χ4n) is 3.67. The predicted molar refractivity (Wildman–Crippen MR) is 100 cm³/mol. The first-order valence-electron chi connectivity index (χ1n) is 9.61. The van der Waals surface area contributed by atoms with Gasteiger partial charge in [-0.25, -0.2) is 4.98 Å². The third kappa shape index (κ3) is 3.86. The maximum Gasteiger partial charge on any atom is 0.231 e. The molecule has 0 radical (unpaired) electrons. The standard InChI is InChI=1S/C20H25N5O2/c1-14(2)10-17-22-20(27-23-17)15-6-5-8-24(13-15)19(26)11-16-12-21-18-7-3-4-9-25(16)18/h3-4,7,9,12,14-15H,5-6,8,10-11,13H2,1-2H3. The number of aromatic nitrogens is 4. The summed E-state index contributed by atoms with van der Waals surface area (Å²) in [7, 11) is 0. The number of carbonyl (C=O) groups is 1. The molecular weight excluding hydrogens is 342 g/mol. The molecule has 0 N–H and O–H groups in total. The topological polar surface area (TPSA) is 76.5 Å². The number of imidazole rings is 1. The third-order valence-electron chi connectivity index (χ3n) is 5.02. The lowest BCUT2D eigenvalue weighted by atomic mass is 9.97. The molecule has 1 aliphatic heterocycles. The minimum Gasteiger partial charge on any atom is -0.342 e. The van der Waals surface area contributed by atoms with Gasteiger partial charge in [0, 0.05) is 31.9 Å². The first-order valence-corrected chi connectivity index (χ1v) is 9.61. The average Bonchev–Trinajstić information content (AvgIpc) is 3.29. The molecule has 3 aromatic heterocycles. The molecule has 7 nitrogen and oxygen atoms in total. The van der Waals surface area contributed by atoms with Crippen molar-refractivity contribution in [3.8, 4) is 0 Å². The maximum absolute atomic E-state index is 12.9. The normalized spacial score (nSPS) is 17.7. The van der Waals surface area contributed by atoms with Gasteiger partial charge in [-0.1, -0.05) is 25.1 Å². The van der Waals surface area contributed by atoms with E-state index in [0.29, 0.717) is 24.8 Å². The van der Waals surface area contributed by atoms with Crippen molar-refractivity contribution >= 4 is 11.6 Å². The van der Waals surface area contributed by atoms with Crippen molar-refractivity contribution in [2.45, 2.75) is 45.4 Å². The van der Waals surface area contributed by atoms with Crippen molar-refractivity contribution in [1.82, 2.24) is 24.4 Å². The molecule has 0 aromatic carbocycles. The Balaban J connectivity index is 1.43. The largest absolute Gasteiger partial charge is 0.342 e. The van der Waals surface area contributed by atoms with Crippen LogP contribution in [-0.4, -0.2) is 43.4 Å². The van der Waals surface area contributed by atoms with Gasteiger partial charge in [-0.2, -0.15) is 4.98 Å². The van der Waals surface area contributed by atoms with E-state index in [4.69, 9.17) is 4.52 Å². The number of carbonyl (C=O) groups excluding carboxylic acids is 1. The molecule has 27 heavy (non-hydrogen) atoms. The van der Waals surface area contributed by atoms with Crippen LogP contribution in [0.15, 0.2) is 35.1 Å². The minimum absolute atomic E-state index is 0.118. The molecule has 1 aliphatic rings. The summed E-state index contributed by atoms with van der Waals surface area (Å²) in [6, 6.07) is 5.83. The third-order valence-corrected chi connectivity index (χ3v) is 5.02. The van der Waals surface area contributed by atoms with Gasteiger partial charge in [-0.05, 0) is 30.9 Å². The highest BCUT2D eigenvalue weighted by molar-refractivity contribution is 5.78. The van der Waals surface area contributed by atoms with E-state index in [1.165, 1.54) is 0 Å². The van der Waals surface area contributed by atoms with E-state index in [0.717, 1.165) is 43.0 Å². The summed E-state index contributed by atoms with van der Waals surface area (Å²) in [5.74, 6) is 2.16. The molecule has 0 aliphatic carbocycles. The number of fused-ring (bicyclic) bond motifs is 1. The molecule has 1 unspecified atom stereocenters. The first-order chi connectivity index (χ1) is 13.1. The summed E-state index contributed by atoms with van der Waals surface area (Å²) in [5, 5.41) is 4.10. The van der Waals surface area contributed by atoms with Gasteiger partial charge < -0.3 is 13.8 Å². The Kier molecular flexibility index (Phi) is 4.92. The molecule has 4 rings (SSSR count). The first kappa shape index (κ1) is 17.7. The Labute approximate surface area is 158 Å². The van der Waals surface area contributed by atoms with Crippen molar-refractivity contribution in [3.05, 3.63) is 48.0 Å². The van der Waals surface area contributed by atoms with Crippen LogP contribution in [0.5, 0.6) is 0 Å². The van der Waals surface area contributed by atoms with Crippen molar-refractivity contribution in [1.29, 1.82) is 0 Å². The minimum atomic E-state index is 0.118. The molecule has 0 bridgehead atoms. The molecule has 142 valence electrons. The van der Waals surface area contributed by atoms with Crippen LogP contribution in [0.3, 0.4) is 0 Å². The van der Waals surface area contributed by atoms with Crippen LogP contribution in [0.25, 0.3) is 5.65 Å². The van der Waals surface area contributed by atoms with Gasteiger partial charge in [-0.15, -0.1) is 0 Å². The second kappa shape index (κ2) is 7.50. The van der Waals surface area contributed by atoms with Gasteiger partial charge in [0.25, 0.3) is 0 Å². The molecule has 1 fully saturated rings. The number of pyridine rings is 1. The lowest BCUT2D eigenvalue weighted by molar-refractivity contribution is -0.131. The van der Waals surface area contributed by atoms with Crippen LogP contribution in [0.1, 0.15) is 50.0 Å². The van der Waals surface area contributed by atoms with Gasteiger partial charge in [0.05, 0.1) is 18.0 Å². The molecule has 1 amide bonds. The van der Waals surface area contributed by atoms with Crippen LogP contribution in [-0.2, 0) is 17.6 Å². The number of hydrogen-bond donors (Lipinski definition) is 0. The van der Waals surface area contributed by atoms with Gasteiger partial charge in [-0.3, -0.25) is 4.79 Å². The zero-order chi connectivity index (χ0) is 18.8. The molecular formula is C20H25N5O2. The highest BCUT2D eigenvalue weighted by atomic mass is 16.5. The van der Waals surface area contributed by atoms with Crippen LogP contribution in [0, 0.1) is 5.92 Å². The number of rotatable bonds is 5. The highest BCUT2D eigenvalue weighted by Gasteiger charge is 2.29. The lowest BCUT2D eigenvalue weighted by Gasteiger charge is -2.31. The SMILES string of the molecule is CC(C)Cc1noc(C2CCCN(C(=O)Cc3cnc4ccccn34)C2)n1. The van der Waals surface area contributed by atoms with Gasteiger partial charge in [0.15, 0.2) is 5.82 Å². The zero-order valence-electron chi connectivity index (χ0n) is 15.8. The highest BCUT2D eigenvalue weighted by Crippen LogP contribution is 2.26. The number of amides is 1. The summed E-state index contributed by atoms with van der Waals surface area (Å²) in [5.41, 5.74) is 1.77. The second-order valence-corrected chi connectivity index (χ2v) is 7.68. The molecule has 0 saturated carbocycles. The van der Waals surface area contributed by atoms with Crippen LogP contribution < -0.4 is 0 Å². The van der Waals surface area contributed by atoms with E-state index in [2.05, 4.69) is 29.0 Å². The van der Waals surface area contributed by atoms with E-state index < -0.39 is 0 Å². The van der Waals surface area contributed by atoms with Crippen molar-refractivity contribution in [3.63, 3.8) is 0 Å². The fraction of sp³-hybridized carbons (Fsp3) is 0.500. The molecule has 3 aromatic rings. The Morgan fingerprint density at radius 2 is 2.26 bits per heavy atom. The van der Waals surface area contributed by atoms with E-state index in [9.17, 15) is 4.79 Å². The van der Waals surface area contributed by atoms with E-state index in [1.54, 1.807) is 6.20 Å².